The summed E-state index contributed by atoms with van der Waals surface area (Å²) in [6.45, 7) is 4.91. The van der Waals surface area contributed by atoms with E-state index in [0.717, 1.165) is 24.2 Å². The summed E-state index contributed by atoms with van der Waals surface area (Å²) in [6, 6.07) is 0. The van der Waals surface area contributed by atoms with Gasteiger partial charge in [-0.05, 0) is 19.4 Å². The van der Waals surface area contributed by atoms with Crippen molar-refractivity contribution < 1.29 is 9.53 Å². The Hall–Kier alpha value is -1.58. The van der Waals surface area contributed by atoms with Gasteiger partial charge in [-0.25, -0.2) is 4.79 Å². The molecule has 0 aliphatic rings. The van der Waals surface area contributed by atoms with Crippen molar-refractivity contribution in [1.29, 1.82) is 0 Å². The molecule has 1 rings (SSSR count). The lowest BCUT2D eigenvalue weighted by Crippen LogP contribution is -1.96. The first-order valence-corrected chi connectivity index (χ1v) is 4.97. The molecule has 0 spiro atoms. The number of methoxy groups -OCH3 is 1. The molecule has 15 heavy (non-hydrogen) atoms. The second-order valence-corrected chi connectivity index (χ2v) is 3.29. The number of nitrogens with zero attached hydrogens (tertiary/aromatic N) is 2. The fraction of sp³-hybridized carbons (Fsp3) is 0.455. The van der Waals surface area contributed by atoms with Crippen molar-refractivity contribution in [3.63, 3.8) is 0 Å². The summed E-state index contributed by atoms with van der Waals surface area (Å²) in [5, 5.41) is 4.32. The molecule has 0 saturated carbocycles. The second-order valence-electron chi connectivity index (χ2n) is 3.29. The van der Waals surface area contributed by atoms with Crippen LogP contribution in [-0.2, 0) is 16.1 Å². The van der Waals surface area contributed by atoms with E-state index in [-0.39, 0.29) is 5.97 Å². The minimum atomic E-state index is -0.349. The lowest BCUT2D eigenvalue weighted by atomic mass is 10.2. The van der Waals surface area contributed by atoms with Gasteiger partial charge < -0.3 is 4.74 Å². The molecule has 82 valence electrons. The Morgan fingerprint density at radius 3 is 3.00 bits per heavy atom. The maximum Gasteiger partial charge on any atom is 0.330 e. The highest BCUT2D eigenvalue weighted by molar-refractivity contribution is 5.87. The van der Waals surface area contributed by atoms with Crippen LogP contribution in [0.25, 0.3) is 6.08 Å². The molecule has 4 heteroatoms. The maximum absolute atomic E-state index is 10.9. The summed E-state index contributed by atoms with van der Waals surface area (Å²) in [7, 11) is 1.36. The molecule has 1 aromatic heterocycles. The van der Waals surface area contributed by atoms with Crippen LogP contribution in [0.1, 0.15) is 24.6 Å². The minimum Gasteiger partial charge on any atom is -0.466 e. The number of aromatic nitrogens is 2. The third-order valence-electron chi connectivity index (χ3n) is 2.04. The minimum absolute atomic E-state index is 0.349. The highest BCUT2D eigenvalue weighted by Crippen LogP contribution is 2.08. The molecule has 1 aromatic rings. The summed E-state index contributed by atoms with van der Waals surface area (Å²) in [5.74, 6) is -0.349. The molecule has 0 saturated heterocycles. The molecule has 0 fully saturated rings. The normalized spacial score (nSPS) is 10.9. The van der Waals surface area contributed by atoms with E-state index >= 15 is 0 Å². The molecular weight excluding hydrogens is 192 g/mol. The van der Waals surface area contributed by atoms with Crippen molar-refractivity contribution in [3.05, 3.63) is 23.5 Å². The van der Waals surface area contributed by atoms with Crippen LogP contribution in [-0.4, -0.2) is 22.9 Å². The Kier molecular flexibility index (Phi) is 4.09. The van der Waals surface area contributed by atoms with E-state index in [1.54, 1.807) is 6.08 Å². The van der Waals surface area contributed by atoms with Crippen LogP contribution in [0.5, 0.6) is 0 Å². The van der Waals surface area contributed by atoms with Gasteiger partial charge in [0.15, 0.2) is 0 Å². The first-order chi connectivity index (χ1) is 7.17. The van der Waals surface area contributed by atoms with Crippen LogP contribution in [0.15, 0.2) is 12.3 Å². The zero-order valence-corrected chi connectivity index (χ0v) is 9.36. The largest absolute Gasteiger partial charge is 0.466 e. The molecule has 1 heterocycles. The van der Waals surface area contributed by atoms with Crippen LogP contribution in [0, 0.1) is 6.92 Å². The smallest absolute Gasteiger partial charge is 0.330 e. The van der Waals surface area contributed by atoms with Crippen molar-refractivity contribution in [2.45, 2.75) is 26.8 Å². The number of hydrogen-bond donors (Lipinski definition) is 0. The fourth-order valence-electron chi connectivity index (χ4n) is 1.27. The third-order valence-corrected chi connectivity index (χ3v) is 2.04. The number of rotatable bonds is 4. The van der Waals surface area contributed by atoms with Gasteiger partial charge in [-0.1, -0.05) is 6.92 Å². The SMILES string of the molecule is CCCn1cc(C=CC(=O)OC)c(C)n1. The first-order valence-electron chi connectivity index (χ1n) is 4.97. The summed E-state index contributed by atoms with van der Waals surface area (Å²) >= 11 is 0. The number of ether oxygens (including phenoxy) is 1. The second kappa shape index (κ2) is 5.34. The van der Waals surface area contributed by atoms with E-state index in [9.17, 15) is 4.79 Å². The molecular formula is C11H16N2O2. The summed E-state index contributed by atoms with van der Waals surface area (Å²) in [4.78, 5) is 10.9. The summed E-state index contributed by atoms with van der Waals surface area (Å²) < 4.78 is 6.39. The van der Waals surface area contributed by atoms with Gasteiger partial charge in [0.05, 0.1) is 12.8 Å². The Labute approximate surface area is 89.5 Å². The van der Waals surface area contributed by atoms with Gasteiger partial charge in [-0.15, -0.1) is 0 Å². The van der Waals surface area contributed by atoms with E-state index in [4.69, 9.17) is 0 Å². The maximum atomic E-state index is 10.9. The number of aryl methyl sites for hydroxylation is 2. The lowest BCUT2D eigenvalue weighted by Gasteiger charge is -1.94. The van der Waals surface area contributed by atoms with E-state index in [0.29, 0.717) is 0 Å². The van der Waals surface area contributed by atoms with Crippen LogP contribution < -0.4 is 0 Å². The van der Waals surface area contributed by atoms with Crippen molar-refractivity contribution in [2.24, 2.45) is 0 Å². The highest BCUT2D eigenvalue weighted by Gasteiger charge is 2.01. The Balaban J connectivity index is 2.76. The van der Waals surface area contributed by atoms with Gasteiger partial charge in [0, 0.05) is 24.4 Å². The fourth-order valence-corrected chi connectivity index (χ4v) is 1.27. The topological polar surface area (TPSA) is 44.1 Å². The number of esters is 1. The quantitative estimate of drug-likeness (QED) is 0.559. The summed E-state index contributed by atoms with van der Waals surface area (Å²) in [6.07, 6.45) is 6.10. The van der Waals surface area contributed by atoms with Crippen LogP contribution in [0.3, 0.4) is 0 Å². The molecule has 0 aromatic carbocycles. The highest BCUT2D eigenvalue weighted by atomic mass is 16.5. The average Bonchev–Trinajstić information content (AvgIpc) is 2.56. The zero-order valence-electron chi connectivity index (χ0n) is 9.36. The van der Waals surface area contributed by atoms with E-state index < -0.39 is 0 Å². The van der Waals surface area contributed by atoms with Gasteiger partial charge in [0.25, 0.3) is 0 Å². The molecule has 0 aliphatic carbocycles. The molecule has 0 radical (unpaired) electrons. The number of hydrogen-bond acceptors (Lipinski definition) is 3. The molecule has 0 N–H and O–H groups in total. The number of carbonyl (C=O) groups is 1. The van der Waals surface area contributed by atoms with Gasteiger partial charge >= 0.3 is 5.97 Å². The van der Waals surface area contributed by atoms with Crippen LogP contribution in [0.2, 0.25) is 0 Å². The molecule has 0 unspecified atom stereocenters. The van der Waals surface area contributed by atoms with Gasteiger partial charge in [-0.3, -0.25) is 4.68 Å². The monoisotopic (exact) mass is 208 g/mol. The lowest BCUT2D eigenvalue weighted by molar-refractivity contribution is -0.134. The van der Waals surface area contributed by atoms with Crippen molar-refractivity contribution in [1.82, 2.24) is 9.78 Å². The van der Waals surface area contributed by atoms with Gasteiger partial charge in [-0.2, -0.15) is 5.10 Å². The van der Waals surface area contributed by atoms with E-state index in [1.165, 1.54) is 13.2 Å². The molecule has 0 amide bonds. The van der Waals surface area contributed by atoms with Crippen LogP contribution >= 0.6 is 0 Å². The predicted octanol–water partition coefficient (Wildman–Crippen LogP) is 1.79. The molecule has 0 aliphatic heterocycles. The molecule has 4 nitrogen and oxygen atoms in total. The van der Waals surface area contributed by atoms with E-state index in [2.05, 4.69) is 16.8 Å². The van der Waals surface area contributed by atoms with Crippen LogP contribution in [0.4, 0.5) is 0 Å². The van der Waals surface area contributed by atoms with Crippen molar-refractivity contribution in [2.75, 3.05) is 7.11 Å². The number of carbonyl (C=O) groups excluding carboxylic acids is 1. The predicted molar refractivity (Wildman–Crippen MR) is 58.3 cm³/mol. The summed E-state index contributed by atoms with van der Waals surface area (Å²) in [5.41, 5.74) is 1.87. The Morgan fingerprint density at radius 2 is 2.40 bits per heavy atom. The standard InChI is InChI=1S/C11H16N2O2/c1-4-7-13-8-10(9(2)12-13)5-6-11(14)15-3/h5-6,8H,4,7H2,1-3H3. The van der Waals surface area contributed by atoms with Crippen molar-refractivity contribution >= 4 is 12.0 Å². The first kappa shape index (κ1) is 11.5. The van der Waals surface area contributed by atoms with Gasteiger partial charge in [0.1, 0.15) is 0 Å². The molecule has 0 bridgehead atoms. The average molecular weight is 208 g/mol. The zero-order chi connectivity index (χ0) is 11.3. The van der Waals surface area contributed by atoms with Gasteiger partial charge in [0.2, 0.25) is 0 Å². The van der Waals surface area contributed by atoms with Crippen molar-refractivity contribution in [3.8, 4) is 0 Å². The Morgan fingerprint density at radius 1 is 1.67 bits per heavy atom. The third kappa shape index (κ3) is 3.23. The molecule has 0 atom stereocenters. The Bertz CT molecular complexity index is 367. The van der Waals surface area contributed by atoms with E-state index in [1.807, 2.05) is 17.8 Å².